The Hall–Kier alpha value is -4.61. The van der Waals surface area contributed by atoms with Crippen molar-refractivity contribution in [3.63, 3.8) is 0 Å². The van der Waals surface area contributed by atoms with E-state index in [0.717, 1.165) is 45.3 Å². The van der Waals surface area contributed by atoms with E-state index < -0.39 is 17.5 Å². The van der Waals surface area contributed by atoms with Crippen LogP contribution in [0.1, 0.15) is 47.2 Å². The molecule has 3 aromatic carbocycles. The molecule has 3 aromatic rings. The van der Waals surface area contributed by atoms with Gasteiger partial charge in [0, 0.05) is 12.2 Å². The van der Waals surface area contributed by atoms with E-state index in [0.29, 0.717) is 41.2 Å². The molecule has 1 heterocycles. The van der Waals surface area contributed by atoms with E-state index in [9.17, 15) is 28.3 Å². The van der Waals surface area contributed by atoms with Crippen LogP contribution in [0.3, 0.4) is 0 Å². The van der Waals surface area contributed by atoms with Crippen LogP contribution in [0.5, 0.6) is 5.75 Å². The van der Waals surface area contributed by atoms with E-state index in [-0.39, 0.29) is 23.5 Å². The summed E-state index contributed by atoms with van der Waals surface area (Å²) >= 11 is 0. The highest BCUT2D eigenvalue weighted by Gasteiger charge is 2.41. The maximum Gasteiger partial charge on any atom is 0.337 e. The normalized spacial score (nSPS) is 14.0. The van der Waals surface area contributed by atoms with E-state index in [4.69, 9.17) is 19.7 Å². The summed E-state index contributed by atoms with van der Waals surface area (Å²) in [4.78, 5) is 33.0. The first-order chi connectivity index (χ1) is 21.5. The Kier molecular flexibility index (Phi) is 13.2. The van der Waals surface area contributed by atoms with Crippen molar-refractivity contribution in [2.45, 2.75) is 31.3 Å². The molecule has 0 saturated carbocycles. The number of methoxy groups -OCH3 is 1. The second kappa shape index (κ2) is 17.0. The molecule has 4 rings (SSSR count). The third-order valence-electron chi connectivity index (χ3n) is 7.53. The number of carbonyl (C=O) groups excluding carboxylic acids is 1. The summed E-state index contributed by atoms with van der Waals surface area (Å²) in [6.45, 7) is 3.20. The zero-order chi connectivity index (χ0) is 32.8. The van der Waals surface area contributed by atoms with Crippen molar-refractivity contribution in [3.05, 3.63) is 113 Å². The largest absolute Gasteiger partial charge is 0.494 e. The van der Waals surface area contributed by atoms with Gasteiger partial charge in [-0.1, -0.05) is 24.3 Å². The number of carboxylic acid groups (broad SMARTS) is 2. The maximum atomic E-state index is 13.6. The highest BCUT2D eigenvalue weighted by atomic mass is 19.1. The molecule has 1 saturated heterocycles. The molecular weight excluding hydrogens is 588 g/mol. The lowest BCUT2D eigenvalue weighted by Crippen LogP contribution is -2.44. The quantitative estimate of drug-likeness (QED) is 0.140. The average Bonchev–Trinajstić information content (AvgIpc) is 3.04. The van der Waals surface area contributed by atoms with Crippen molar-refractivity contribution in [2.75, 3.05) is 33.4 Å². The number of rotatable bonds is 12. The van der Waals surface area contributed by atoms with Crippen LogP contribution in [0.25, 0.3) is 0 Å². The van der Waals surface area contributed by atoms with Crippen molar-refractivity contribution in [1.82, 2.24) is 4.90 Å². The van der Waals surface area contributed by atoms with Gasteiger partial charge in [0.1, 0.15) is 23.0 Å². The number of piperidine rings is 1. The summed E-state index contributed by atoms with van der Waals surface area (Å²) in [5.41, 5.74) is 0.417. The SMILES string of the molecule is COC(=O)c1ccc(OCCCCN2CCC(C(O)(c3ccc(F)cc3)c3ccc(F)cc3)CC2)cc1.O=C(O)C=CC(=O)O. The Morgan fingerprint density at radius 3 is 1.76 bits per heavy atom. The summed E-state index contributed by atoms with van der Waals surface area (Å²) in [5.74, 6) is -2.96. The first-order valence-corrected chi connectivity index (χ1v) is 14.4. The number of unbranched alkanes of at least 4 members (excludes halogenated alkanes) is 1. The van der Waals surface area contributed by atoms with E-state index >= 15 is 0 Å². The molecular formula is C34H37F2NO8. The number of hydrogen-bond donors (Lipinski definition) is 3. The first kappa shape index (κ1) is 34.9. The topological polar surface area (TPSA) is 134 Å². The smallest absolute Gasteiger partial charge is 0.337 e. The molecule has 0 amide bonds. The summed E-state index contributed by atoms with van der Waals surface area (Å²) in [6.07, 6.45) is 4.53. The van der Waals surface area contributed by atoms with E-state index in [1.807, 2.05) is 0 Å². The van der Waals surface area contributed by atoms with Gasteiger partial charge in [-0.25, -0.2) is 23.2 Å². The molecule has 0 spiro atoms. The lowest BCUT2D eigenvalue weighted by molar-refractivity contribution is -0.134. The zero-order valence-electron chi connectivity index (χ0n) is 24.9. The average molecular weight is 626 g/mol. The van der Waals surface area contributed by atoms with Crippen LogP contribution >= 0.6 is 0 Å². The molecule has 45 heavy (non-hydrogen) atoms. The molecule has 0 aliphatic carbocycles. The number of nitrogens with zero attached hydrogens (tertiary/aromatic N) is 1. The van der Waals surface area contributed by atoms with Crippen molar-refractivity contribution in [2.24, 2.45) is 5.92 Å². The molecule has 0 bridgehead atoms. The van der Waals surface area contributed by atoms with Gasteiger partial charge in [-0.05, 0) is 111 Å². The minimum atomic E-state index is -1.31. The zero-order valence-corrected chi connectivity index (χ0v) is 24.9. The minimum Gasteiger partial charge on any atom is -0.494 e. The fraction of sp³-hybridized carbons (Fsp3) is 0.324. The van der Waals surface area contributed by atoms with Gasteiger partial charge in [0.2, 0.25) is 0 Å². The summed E-state index contributed by atoms with van der Waals surface area (Å²) < 4.78 is 37.7. The van der Waals surface area contributed by atoms with Crippen LogP contribution < -0.4 is 4.74 Å². The van der Waals surface area contributed by atoms with Crippen LogP contribution in [0.15, 0.2) is 84.9 Å². The Balaban J connectivity index is 0.000000610. The second-order valence-corrected chi connectivity index (χ2v) is 10.5. The lowest BCUT2D eigenvalue weighted by atomic mass is 9.72. The molecule has 240 valence electrons. The van der Waals surface area contributed by atoms with Gasteiger partial charge < -0.3 is 29.7 Å². The summed E-state index contributed by atoms with van der Waals surface area (Å²) in [5, 5.41) is 27.6. The number of ether oxygens (including phenoxy) is 2. The standard InChI is InChI=1S/C30H33F2NO4.C4H4O4/c1-36-29(34)22-4-14-28(15-5-22)37-21-3-2-18-33-19-16-25(17-20-33)30(35,23-6-10-26(31)11-7-23)24-8-12-27(32)13-9-24;5-3(6)1-2-4(7)8/h4-15,25,35H,2-3,16-21H2,1H3;1-2H,(H,5,6)(H,7,8). The van der Waals surface area contributed by atoms with E-state index in [1.54, 1.807) is 48.5 Å². The number of carbonyl (C=O) groups is 3. The van der Waals surface area contributed by atoms with Gasteiger partial charge in [0.05, 0.1) is 19.3 Å². The summed E-state index contributed by atoms with van der Waals surface area (Å²) in [6, 6.07) is 18.8. The van der Waals surface area contributed by atoms with Crippen molar-refractivity contribution in [3.8, 4) is 5.75 Å². The lowest BCUT2D eigenvalue weighted by Gasteiger charge is -2.42. The molecule has 1 aliphatic rings. The van der Waals surface area contributed by atoms with Crippen molar-refractivity contribution in [1.29, 1.82) is 0 Å². The minimum absolute atomic E-state index is 0.0732. The van der Waals surface area contributed by atoms with Gasteiger partial charge >= 0.3 is 17.9 Å². The van der Waals surface area contributed by atoms with Gasteiger partial charge in [-0.15, -0.1) is 0 Å². The molecule has 0 unspecified atom stereocenters. The highest BCUT2D eigenvalue weighted by Crippen LogP contribution is 2.42. The maximum absolute atomic E-state index is 13.6. The third-order valence-corrected chi connectivity index (χ3v) is 7.53. The van der Waals surface area contributed by atoms with E-state index in [2.05, 4.69) is 4.90 Å². The fourth-order valence-corrected chi connectivity index (χ4v) is 5.20. The number of hydrogen-bond acceptors (Lipinski definition) is 7. The molecule has 0 aromatic heterocycles. The molecule has 9 nitrogen and oxygen atoms in total. The van der Waals surface area contributed by atoms with Gasteiger partial charge in [0.15, 0.2) is 0 Å². The Bertz CT molecular complexity index is 1360. The van der Waals surface area contributed by atoms with Crippen LogP contribution in [-0.4, -0.2) is 71.5 Å². The number of likely N-dealkylation sites (tertiary alicyclic amines) is 1. The van der Waals surface area contributed by atoms with Gasteiger partial charge in [0.25, 0.3) is 0 Å². The number of carboxylic acids is 2. The van der Waals surface area contributed by atoms with Crippen molar-refractivity contribution >= 4 is 17.9 Å². The molecule has 1 fully saturated rings. The van der Waals surface area contributed by atoms with Crippen molar-refractivity contribution < 1.29 is 48.0 Å². The number of esters is 1. The van der Waals surface area contributed by atoms with E-state index in [1.165, 1.54) is 31.4 Å². The Labute approximate surface area is 260 Å². The van der Waals surface area contributed by atoms with Gasteiger partial charge in [-0.3, -0.25) is 0 Å². The van der Waals surface area contributed by atoms with Gasteiger partial charge in [-0.2, -0.15) is 0 Å². The van der Waals surface area contributed by atoms with Crippen LogP contribution in [0.2, 0.25) is 0 Å². The third kappa shape index (κ3) is 10.5. The number of halogens is 2. The molecule has 0 atom stereocenters. The monoisotopic (exact) mass is 625 g/mol. The molecule has 0 radical (unpaired) electrons. The molecule has 3 N–H and O–H groups in total. The van der Waals surface area contributed by atoms with Crippen LogP contribution in [0.4, 0.5) is 8.78 Å². The molecule has 11 heteroatoms. The molecule has 1 aliphatic heterocycles. The van der Waals surface area contributed by atoms with Crippen LogP contribution in [-0.2, 0) is 19.9 Å². The number of aliphatic carboxylic acids is 2. The number of aliphatic hydroxyl groups is 1. The van der Waals surface area contributed by atoms with Crippen LogP contribution in [0, 0.1) is 17.6 Å². The Morgan fingerprint density at radius 2 is 1.31 bits per heavy atom. The highest BCUT2D eigenvalue weighted by molar-refractivity contribution is 5.90. The summed E-state index contributed by atoms with van der Waals surface area (Å²) in [7, 11) is 1.35. The Morgan fingerprint density at radius 1 is 0.822 bits per heavy atom. The predicted octanol–water partition coefficient (Wildman–Crippen LogP) is 5.27. The first-order valence-electron chi connectivity index (χ1n) is 14.4. The predicted molar refractivity (Wildman–Crippen MR) is 162 cm³/mol. The number of benzene rings is 3. The second-order valence-electron chi connectivity index (χ2n) is 10.5. The fourth-order valence-electron chi connectivity index (χ4n) is 5.20.